The van der Waals surface area contributed by atoms with Gasteiger partial charge in [0.15, 0.2) is 5.82 Å². The highest BCUT2D eigenvalue weighted by molar-refractivity contribution is 6.38. The van der Waals surface area contributed by atoms with Crippen LogP contribution in [0.5, 0.6) is 5.88 Å². The van der Waals surface area contributed by atoms with E-state index in [1.165, 1.54) is 0 Å². The molecule has 0 amide bonds. The predicted molar refractivity (Wildman–Crippen MR) is 151 cm³/mol. The fourth-order valence-electron chi connectivity index (χ4n) is 6.26. The molecule has 0 radical (unpaired) electrons. The van der Waals surface area contributed by atoms with Crippen LogP contribution in [0.3, 0.4) is 0 Å². The number of piperazine rings is 1. The van der Waals surface area contributed by atoms with Crippen molar-refractivity contribution in [1.29, 1.82) is 0 Å². The first kappa shape index (κ1) is 24.2. The second-order valence-electron chi connectivity index (χ2n) is 10.8. The second-order valence-corrected chi connectivity index (χ2v) is 11.6. The monoisotopic (exact) mass is 555 g/mol. The zero-order valence-corrected chi connectivity index (χ0v) is 22.9. The van der Waals surface area contributed by atoms with Crippen molar-refractivity contribution in [2.24, 2.45) is 0 Å². The van der Waals surface area contributed by atoms with Crippen LogP contribution in [0.1, 0.15) is 6.92 Å². The smallest absolute Gasteiger partial charge is 0.240 e. The van der Waals surface area contributed by atoms with Gasteiger partial charge >= 0.3 is 0 Å². The largest absolute Gasteiger partial charge is 0.470 e. The quantitative estimate of drug-likeness (QED) is 0.384. The first-order valence-corrected chi connectivity index (χ1v) is 13.6. The molecule has 0 unspecified atom stereocenters. The van der Waals surface area contributed by atoms with Crippen molar-refractivity contribution < 1.29 is 9.13 Å². The van der Waals surface area contributed by atoms with Gasteiger partial charge in [0.05, 0.1) is 35.0 Å². The fourth-order valence-corrected chi connectivity index (χ4v) is 6.81. The maximum atomic E-state index is 16.7. The summed E-state index contributed by atoms with van der Waals surface area (Å²) in [5.41, 5.74) is 3.56. The molecule has 2 N–H and O–H groups in total. The number of halogens is 3. The third-order valence-electron chi connectivity index (χ3n) is 7.83. The number of ether oxygens (including phenoxy) is 1. The highest BCUT2D eigenvalue weighted by Gasteiger charge is 2.42. The van der Waals surface area contributed by atoms with Crippen molar-refractivity contribution in [2.75, 3.05) is 56.6 Å². The van der Waals surface area contributed by atoms with Crippen LogP contribution in [0.25, 0.3) is 32.9 Å². The van der Waals surface area contributed by atoms with Gasteiger partial charge in [0.1, 0.15) is 17.3 Å². The molecule has 5 heterocycles. The van der Waals surface area contributed by atoms with Gasteiger partial charge < -0.3 is 24.8 Å². The van der Waals surface area contributed by atoms with Crippen LogP contribution in [0.2, 0.25) is 10.0 Å². The van der Waals surface area contributed by atoms with E-state index in [0.29, 0.717) is 33.3 Å². The molecule has 8 nitrogen and oxygen atoms in total. The summed E-state index contributed by atoms with van der Waals surface area (Å²) < 4.78 is 23.1. The number of anilines is 2. The van der Waals surface area contributed by atoms with Crippen molar-refractivity contribution in [1.82, 2.24) is 25.4 Å². The summed E-state index contributed by atoms with van der Waals surface area (Å²) in [6.45, 7) is 6.15. The number of likely N-dealkylation sites (N-methyl/N-ethyl adjacent to an activating group) is 1. The molecule has 4 aromatic rings. The van der Waals surface area contributed by atoms with Crippen LogP contribution in [0, 0.1) is 5.82 Å². The fraction of sp³-hybridized carbons (Fsp3) is 0.407. The number of hydrogen-bond acceptors (Lipinski definition) is 7. The van der Waals surface area contributed by atoms with Crippen LogP contribution >= 0.6 is 23.2 Å². The number of hydrogen-bond donors (Lipinski definition) is 2. The summed E-state index contributed by atoms with van der Waals surface area (Å²) in [7, 11) is 4.05. The number of aromatic nitrogens is 3. The molecule has 3 atom stereocenters. The molecule has 3 aliphatic heterocycles. The molecule has 198 valence electrons. The summed E-state index contributed by atoms with van der Waals surface area (Å²) >= 11 is 13.5. The van der Waals surface area contributed by atoms with Crippen LogP contribution in [0.4, 0.5) is 15.8 Å². The molecule has 38 heavy (non-hydrogen) atoms. The average Bonchev–Trinajstić information content (AvgIpc) is 3.34. The highest BCUT2D eigenvalue weighted by Crippen LogP contribution is 2.51. The van der Waals surface area contributed by atoms with Gasteiger partial charge in [0.25, 0.3) is 0 Å². The van der Waals surface area contributed by atoms with E-state index >= 15 is 4.39 Å². The summed E-state index contributed by atoms with van der Waals surface area (Å²) in [5.74, 6) is -0.0487. The zero-order chi connectivity index (χ0) is 26.3. The molecule has 11 heteroatoms. The Morgan fingerprint density at radius 3 is 2.76 bits per heavy atom. The Kier molecular flexibility index (Phi) is 5.63. The molecule has 1 saturated heterocycles. The predicted octanol–water partition coefficient (Wildman–Crippen LogP) is 4.53. The molecule has 0 spiro atoms. The molecular weight excluding hydrogens is 528 g/mol. The molecule has 2 aromatic heterocycles. The van der Waals surface area contributed by atoms with E-state index in [0.717, 1.165) is 49.6 Å². The van der Waals surface area contributed by atoms with Crippen LogP contribution in [-0.4, -0.2) is 85.1 Å². The number of pyridine rings is 1. The summed E-state index contributed by atoms with van der Waals surface area (Å²) in [4.78, 5) is 11.7. The van der Waals surface area contributed by atoms with E-state index in [2.05, 4.69) is 37.1 Å². The molecule has 0 aliphatic carbocycles. The van der Waals surface area contributed by atoms with Gasteiger partial charge in [-0.3, -0.25) is 5.10 Å². The molecule has 1 fully saturated rings. The van der Waals surface area contributed by atoms with Crippen LogP contribution < -0.4 is 19.9 Å². The van der Waals surface area contributed by atoms with Gasteiger partial charge in [-0.1, -0.05) is 23.2 Å². The van der Waals surface area contributed by atoms with E-state index in [1.807, 2.05) is 26.2 Å². The average molecular weight is 556 g/mol. The molecule has 7 rings (SSSR count). The highest BCUT2D eigenvalue weighted by atomic mass is 35.5. The van der Waals surface area contributed by atoms with Crippen molar-refractivity contribution in [2.45, 2.75) is 25.1 Å². The lowest BCUT2D eigenvalue weighted by Gasteiger charge is -2.51. The molecule has 0 bridgehead atoms. The summed E-state index contributed by atoms with van der Waals surface area (Å²) in [6.07, 6.45) is 1.56. The Balaban J connectivity index is 1.51. The van der Waals surface area contributed by atoms with Crippen molar-refractivity contribution in [3.63, 3.8) is 0 Å². The lowest BCUT2D eigenvalue weighted by atomic mass is 9.95. The van der Waals surface area contributed by atoms with Crippen LogP contribution in [0.15, 0.2) is 24.4 Å². The Bertz CT molecular complexity index is 1590. The van der Waals surface area contributed by atoms with Crippen molar-refractivity contribution >= 4 is 56.4 Å². The van der Waals surface area contributed by atoms with Gasteiger partial charge in [-0.05, 0) is 39.2 Å². The zero-order valence-electron chi connectivity index (χ0n) is 21.4. The molecule has 2 aromatic carbocycles. The number of nitrogens with zero attached hydrogens (tertiary/aromatic N) is 5. The minimum atomic E-state index is -0.516. The Morgan fingerprint density at radius 1 is 1.11 bits per heavy atom. The first-order valence-electron chi connectivity index (χ1n) is 12.8. The van der Waals surface area contributed by atoms with E-state index in [9.17, 15) is 0 Å². The summed E-state index contributed by atoms with van der Waals surface area (Å²) in [5, 5.41) is 12.7. The van der Waals surface area contributed by atoms with E-state index in [4.69, 9.17) is 32.9 Å². The van der Waals surface area contributed by atoms with Crippen molar-refractivity contribution in [3.05, 3.63) is 40.3 Å². The normalized spacial score (nSPS) is 22.7. The minimum absolute atomic E-state index is 0.0821. The second kappa shape index (κ2) is 8.84. The van der Waals surface area contributed by atoms with Gasteiger partial charge in [-0.15, -0.1) is 0 Å². The van der Waals surface area contributed by atoms with E-state index < -0.39 is 5.82 Å². The lowest BCUT2D eigenvalue weighted by Crippen LogP contribution is -2.63. The van der Waals surface area contributed by atoms with Crippen LogP contribution in [-0.2, 0) is 0 Å². The van der Waals surface area contributed by atoms with Crippen molar-refractivity contribution in [3.8, 4) is 17.0 Å². The topological polar surface area (TPSA) is 72.6 Å². The Morgan fingerprint density at radius 2 is 1.95 bits per heavy atom. The van der Waals surface area contributed by atoms with E-state index in [-0.39, 0.29) is 28.2 Å². The van der Waals surface area contributed by atoms with Gasteiger partial charge in [-0.2, -0.15) is 5.10 Å². The third-order valence-corrected chi connectivity index (χ3v) is 8.44. The number of H-pyrrole nitrogens is 1. The summed E-state index contributed by atoms with van der Waals surface area (Å²) in [6, 6.07) is 5.91. The third kappa shape index (κ3) is 3.63. The number of aromatic amines is 1. The molecular formula is C27H28Cl2FN7O. The number of benzene rings is 2. The van der Waals surface area contributed by atoms with Gasteiger partial charge in [0, 0.05) is 59.1 Å². The number of fused-ring (bicyclic) bond motifs is 5. The lowest BCUT2D eigenvalue weighted by molar-refractivity contribution is 0.146. The first-order chi connectivity index (χ1) is 18.3. The SMILES string of the molecule is C[C@@H]1CN2c3c4c(nc5c(F)c(-c6c(Cl)ccc7[nH]ncc67)c(Cl)cc35)O[C@H](CN(C)C)CN4C[C@H]2CN1. The minimum Gasteiger partial charge on any atom is -0.470 e. The Hall–Kier alpha value is -2.85. The maximum absolute atomic E-state index is 16.7. The molecule has 0 saturated carbocycles. The Labute approximate surface area is 229 Å². The standard InChI is InChI=1S/C27H28Cl2FN7O/c1-13-9-37-14(7-31-13)10-36-12-15(11-35(2)3)38-27-26(36)25(37)16-6-19(29)22(23(30)24(16)33-27)21-17-8-32-34-20(17)5-4-18(21)28/h4-6,8,13-15,31H,7,9-12H2,1-3H3,(H,32,34)/t13-,14-,15-/m1/s1. The number of nitrogens with one attached hydrogen (secondary N) is 2. The maximum Gasteiger partial charge on any atom is 0.240 e. The van der Waals surface area contributed by atoms with E-state index in [1.54, 1.807) is 12.3 Å². The van der Waals surface area contributed by atoms with Gasteiger partial charge in [0.2, 0.25) is 5.88 Å². The van der Waals surface area contributed by atoms with Gasteiger partial charge in [-0.25, -0.2) is 9.37 Å². The number of rotatable bonds is 3. The molecule has 3 aliphatic rings.